The van der Waals surface area contributed by atoms with Gasteiger partial charge in [-0.15, -0.1) is 29.3 Å². The van der Waals surface area contributed by atoms with Crippen LogP contribution < -0.4 is 0 Å². The van der Waals surface area contributed by atoms with E-state index in [0.29, 0.717) is 17.0 Å². The zero-order valence-electron chi connectivity index (χ0n) is 33.6. The second-order valence-corrected chi connectivity index (χ2v) is 17.7. The van der Waals surface area contributed by atoms with Crippen LogP contribution in [0.1, 0.15) is 103 Å². The summed E-state index contributed by atoms with van der Waals surface area (Å²) in [6.45, 7) is 21.8. The number of phenols is 1. The van der Waals surface area contributed by atoms with Crippen LogP contribution in [0.2, 0.25) is 0 Å². The van der Waals surface area contributed by atoms with Crippen molar-refractivity contribution in [2.45, 2.75) is 91.4 Å². The molecule has 1 atom stereocenters. The van der Waals surface area contributed by atoms with Gasteiger partial charge in [-0.2, -0.15) is 0 Å². The molecule has 0 amide bonds. The van der Waals surface area contributed by atoms with Gasteiger partial charge in [-0.3, -0.25) is 4.98 Å². The molecular weight excluding hydrogens is 856 g/mol. The number of hydrogen-bond donors (Lipinski definition) is 1. The molecule has 2 heterocycles. The van der Waals surface area contributed by atoms with Crippen molar-refractivity contribution in [1.82, 2.24) is 9.97 Å². The predicted molar refractivity (Wildman–Crippen MR) is 224 cm³/mol. The first-order valence-corrected chi connectivity index (χ1v) is 19.0. The summed E-state index contributed by atoms with van der Waals surface area (Å²) in [5.74, 6) is 0.883. The molecule has 0 spiro atoms. The molecule has 284 valence electrons. The second-order valence-electron chi connectivity index (χ2n) is 17.7. The van der Waals surface area contributed by atoms with Gasteiger partial charge in [0.15, 0.2) is 0 Å². The van der Waals surface area contributed by atoms with E-state index in [4.69, 9.17) is 14.4 Å². The number of oxazole rings is 1. The summed E-state index contributed by atoms with van der Waals surface area (Å²) < 4.78 is 6.47. The van der Waals surface area contributed by atoms with E-state index in [1.807, 2.05) is 24.4 Å². The van der Waals surface area contributed by atoms with Crippen molar-refractivity contribution in [1.29, 1.82) is 0 Å². The van der Waals surface area contributed by atoms with E-state index in [-0.39, 0.29) is 49.0 Å². The molecule has 0 fully saturated rings. The van der Waals surface area contributed by atoms with Gasteiger partial charge in [0.25, 0.3) is 0 Å². The van der Waals surface area contributed by atoms with E-state index in [9.17, 15) is 5.11 Å². The SMILES string of the molecule is CC(c1ccccc1)c1cccc(-c2ccnc(-c3[c-]c(-c4cccc5oc(-c6cc(C(C)(C)C)cc(C(C)(C)C)c6O)nc45)cc(C(C)(C)C)c3)c2)c1.[Pt]. The third-order valence-corrected chi connectivity index (χ3v) is 10.5. The van der Waals surface area contributed by atoms with Gasteiger partial charge in [-0.25, -0.2) is 4.98 Å². The van der Waals surface area contributed by atoms with Crippen molar-refractivity contribution in [2.75, 3.05) is 0 Å². The molecule has 0 aliphatic carbocycles. The van der Waals surface area contributed by atoms with E-state index in [0.717, 1.165) is 50.2 Å². The van der Waals surface area contributed by atoms with Crippen LogP contribution in [0.3, 0.4) is 0 Å². The Morgan fingerprint density at radius 1 is 0.618 bits per heavy atom. The Morgan fingerprint density at radius 3 is 1.95 bits per heavy atom. The molecular formula is C50H51N2O2Pt-. The number of phenolic OH excluding ortho intramolecular Hbond substituents is 1. The van der Waals surface area contributed by atoms with Crippen molar-refractivity contribution in [3.8, 4) is 50.7 Å². The molecule has 55 heavy (non-hydrogen) atoms. The van der Waals surface area contributed by atoms with Crippen LogP contribution in [0.25, 0.3) is 56.1 Å². The van der Waals surface area contributed by atoms with Gasteiger partial charge in [0.1, 0.15) is 11.3 Å². The van der Waals surface area contributed by atoms with Crippen molar-refractivity contribution in [3.05, 3.63) is 149 Å². The average molecular weight is 907 g/mol. The largest absolute Gasteiger partial charge is 0.507 e. The minimum Gasteiger partial charge on any atom is -0.507 e. The van der Waals surface area contributed by atoms with E-state index < -0.39 is 0 Å². The number of para-hydroxylation sites is 1. The number of fused-ring (bicyclic) bond motifs is 1. The first-order chi connectivity index (χ1) is 25.5. The molecule has 0 bridgehead atoms. The van der Waals surface area contributed by atoms with Gasteiger partial charge in [0, 0.05) is 44.4 Å². The molecule has 2 aromatic heterocycles. The quantitative estimate of drug-likeness (QED) is 0.169. The van der Waals surface area contributed by atoms with Crippen LogP contribution in [-0.2, 0) is 37.3 Å². The first-order valence-electron chi connectivity index (χ1n) is 19.0. The number of nitrogens with zero attached hydrogens (tertiary/aromatic N) is 2. The van der Waals surface area contributed by atoms with Gasteiger partial charge in [0.2, 0.25) is 5.89 Å². The normalized spacial score (nSPS) is 12.8. The molecule has 5 aromatic carbocycles. The van der Waals surface area contributed by atoms with Crippen LogP contribution in [0, 0.1) is 6.07 Å². The molecule has 0 aliphatic rings. The monoisotopic (exact) mass is 906 g/mol. The second kappa shape index (κ2) is 15.0. The van der Waals surface area contributed by atoms with Crippen LogP contribution >= 0.6 is 0 Å². The Morgan fingerprint density at radius 2 is 1.25 bits per heavy atom. The predicted octanol–water partition coefficient (Wildman–Crippen LogP) is 13.4. The summed E-state index contributed by atoms with van der Waals surface area (Å²) in [5.41, 5.74) is 13.0. The number of rotatable bonds is 6. The van der Waals surface area contributed by atoms with Crippen LogP contribution in [0.4, 0.5) is 0 Å². The summed E-state index contributed by atoms with van der Waals surface area (Å²) in [6, 6.07) is 42.0. The Balaban J connectivity index is 0.00000514. The first kappa shape index (κ1) is 39.9. The molecule has 4 nitrogen and oxygen atoms in total. The van der Waals surface area contributed by atoms with E-state index >= 15 is 0 Å². The third-order valence-electron chi connectivity index (χ3n) is 10.5. The van der Waals surface area contributed by atoms with E-state index in [1.54, 1.807) is 0 Å². The summed E-state index contributed by atoms with van der Waals surface area (Å²) in [5, 5.41) is 11.7. The molecule has 0 saturated heterocycles. The summed E-state index contributed by atoms with van der Waals surface area (Å²) in [7, 11) is 0. The number of aromatic nitrogens is 2. The van der Waals surface area contributed by atoms with Crippen LogP contribution in [0.5, 0.6) is 5.75 Å². The van der Waals surface area contributed by atoms with Gasteiger partial charge in [-0.05, 0) is 62.3 Å². The molecule has 1 N–H and O–H groups in total. The summed E-state index contributed by atoms with van der Waals surface area (Å²) in [4.78, 5) is 9.97. The minimum atomic E-state index is -0.273. The molecule has 7 rings (SSSR count). The van der Waals surface area contributed by atoms with Gasteiger partial charge in [-0.1, -0.05) is 159 Å². The third kappa shape index (κ3) is 8.26. The van der Waals surface area contributed by atoms with Gasteiger partial charge < -0.3 is 9.52 Å². The Hall–Kier alpha value is -4.79. The van der Waals surface area contributed by atoms with Crippen molar-refractivity contribution >= 4 is 11.1 Å². The number of benzene rings is 5. The minimum absolute atomic E-state index is 0. The Bertz CT molecular complexity index is 2480. The zero-order chi connectivity index (χ0) is 38.6. The maximum Gasteiger partial charge on any atom is 0.230 e. The van der Waals surface area contributed by atoms with Crippen molar-refractivity contribution in [2.24, 2.45) is 0 Å². The Labute approximate surface area is 341 Å². The van der Waals surface area contributed by atoms with Gasteiger partial charge >= 0.3 is 0 Å². The van der Waals surface area contributed by atoms with Crippen LogP contribution in [-0.4, -0.2) is 15.1 Å². The topological polar surface area (TPSA) is 59.2 Å². The Kier molecular flexibility index (Phi) is 10.9. The van der Waals surface area contributed by atoms with Crippen molar-refractivity contribution < 1.29 is 30.6 Å². The molecule has 5 heteroatoms. The standard InChI is InChI=1S/C50H51N2O2.Pt/c1-31(32-16-12-11-13-17-32)33-18-14-19-34(24-33)35-22-23-51-43(28-35)37-25-36(26-38(27-37)48(2,3)4)40-20-15-21-44-45(40)52-47(54-44)41-29-39(49(5,6)7)30-42(46(41)53)50(8,9)10;/h11-24,26-31,53H,1-10H3;/q-1;. The fraction of sp³-hybridized carbons (Fsp3) is 0.280. The fourth-order valence-corrected chi connectivity index (χ4v) is 7.05. The molecule has 7 aromatic rings. The van der Waals surface area contributed by atoms with E-state index in [2.05, 4.69) is 166 Å². The smallest absolute Gasteiger partial charge is 0.230 e. The molecule has 0 aliphatic heterocycles. The molecule has 0 saturated carbocycles. The fourth-order valence-electron chi connectivity index (χ4n) is 7.05. The number of hydrogen-bond acceptors (Lipinski definition) is 4. The summed E-state index contributed by atoms with van der Waals surface area (Å²) in [6.07, 6.45) is 1.89. The summed E-state index contributed by atoms with van der Waals surface area (Å²) >= 11 is 0. The molecule has 0 radical (unpaired) electrons. The maximum atomic E-state index is 11.7. The van der Waals surface area contributed by atoms with E-state index in [1.165, 1.54) is 16.7 Å². The number of pyridine rings is 1. The molecule has 1 unspecified atom stereocenters. The van der Waals surface area contributed by atoms with Crippen LogP contribution in [0.15, 0.2) is 120 Å². The number of aromatic hydroxyl groups is 1. The van der Waals surface area contributed by atoms with Gasteiger partial charge in [0.05, 0.1) is 11.1 Å². The average Bonchev–Trinajstić information content (AvgIpc) is 3.58. The maximum absolute atomic E-state index is 11.7. The van der Waals surface area contributed by atoms with Crippen molar-refractivity contribution in [3.63, 3.8) is 0 Å². The zero-order valence-corrected chi connectivity index (χ0v) is 35.9.